The average molecular weight is 357 g/mol. The number of nitrogens with one attached hydrogen (secondary N) is 1. The number of aromatic nitrogens is 5. The standard InChI is InChI=1S/C19H21F2N5/c20-17(21)7-3-6-16(13-4-1-2-5-13)26-11-14(10-25-26)18-15-8-9-22-19(15)24-12-23-18/h7-13,16H,1-6H2,(H,22,23,24). The summed E-state index contributed by atoms with van der Waals surface area (Å²) in [7, 11) is 0. The summed E-state index contributed by atoms with van der Waals surface area (Å²) in [6, 6.07) is 2.09. The summed E-state index contributed by atoms with van der Waals surface area (Å²) in [4.78, 5) is 11.7. The van der Waals surface area contributed by atoms with Crippen molar-refractivity contribution >= 4 is 11.0 Å². The van der Waals surface area contributed by atoms with Crippen molar-refractivity contribution in [3.05, 3.63) is 43.1 Å². The van der Waals surface area contributed by atoms with Crippen molar-refractivity contribution in [1.82, 2.24) is 24.7 Å². The van der Waals surface area contributed by atoms with Gasteiger partial charge < -0.3 is 4.98 Å². The Morgan fingerprint density at radius 3 is 2.96 bits per heavy atom. The number of aromatic amines is 1. The van der Waals surface area contributed by atoms with Crippen LogP contribution in [0.15, 0.2) is 43.1 Å². The molecular formula is C19H21F2N5. The molecule has 1 saturated carbocycles. The van der Waals surface area contributed by atoms with Gasteiger partial charge in [0, 0.05) is 23.3 Å². The van der Waals surface area contributed by atoms with E-state index in [0.717, 1.165) is 41.2 Å². The van der Waals surface area contributed by atoms with Crippen molar-refractivity contribution in [3.8, 4) is 11.3 Å². The van der Waals surface area contributed by atoms with Gasteiger partial charge in [-0.05, 0) is 43.7 Å². The van der Waals surface area contributed by atoms with Crippen molar-refractivity contribution in [1.29, 1.82) is 0 Å². The van der Waals surface area contributed by atoms with E-state index in [0.29, 0.717) is 18.8 Å². The lowest BCUT2D eigenvalue weighted by Gasteiger charge is -2.23. The maximum Gasteiger partial charge on any atom is 0.266 e. The van der Waals surface area contributed by atoms with E-state index in [1.165, 1.54) is 19.2 Å². The Balaban J connectivity index is 1.62. The van der Waals surface area contributed by atoms with Crippen LogP contribution >= 0.6 is 0 Å². The molecule has 0 aliphatic heterocycles. The van der Waals surface area contributed by atoms with Crippen LogP contribution in [0.5, 0.6) is 0 Å². The van der Waals surface area contributed by atoms with Crippen LogP contribution in [0.2, 0.25) is 0 Å². The average Bonchev–Trinajstić information content (AvgIpc) is 3.39. The first-order valence-electron chi connectivity index (χ1n) is 9.06. The Hall–Kier alpha value is -2.57. The molecule has 0 saturated heterocycles. The molecule has 1 aliphatic rings. The van der Waals surface area contributed by atoms with Gasteiger partial charge in [0.1, 0.15) is 12.0 Å². The number of hydrogen-bond acceptors (Lipinski definition) is 3. The molecule has 3 aromatic rings. The lowest BCUT2D eigenvalue weighted by molar-refractivity contribution is 0.292. The van der Waals surface area contributed by atoms with Crippen LogP contribution in [0.1, 0.15) is 44.6 Å². The Kier molecular flexibility index (Phi) is 4.77. The van der Waals surface area contributed by atoms with Crippen LogP contribution < -0.4 is 0 Å². The minimum absolute atomic E-state index is 0.144. The van der Waals surface area contributed by atoms with Gasteiger partial charge in [0.25, 0.3) is 6.08 Å². The molecule has 1 N–H and O–H groups in total. The molecule has 0 spiro atoms. The number of hydrogen-bond donors (Lipinski definition) is 1. The summed E-state index contributed by atoms with van der Waals surface area (Å²) in [5.41, 5.74) is 2.55. The molecule has 1 atom stereocenters. The first-order valence-corrected chi connectivity index (χ1v) is 9.06. The second-order valence-electron chi connectivity index (χ2n) is 6.85. The van der Waals surface area contributed by atoms with Gasteiger partial charge >= 0.3 is 0 Å². The predicted molar refractivity (Wildman–Crippen MR) is 95.6 cm³/mol. The molecule has 5 nitrogen and oxygen atoms in total. The lowest BCUT2D eigenvalue weighted by atomic mass is 9.94. The second kappa shape index (κ2) is 7.35. The molecule has 0 amide bonds. The number of H-pyrrole nitrogens is 1. The van der Waals surface area contributed by atoms with Gasteiger partial charge in [-0.1, -0.05) is 12.8 Å². The molecule has 4 rings (SSSR count). The molecule has 1 unspecified atom stereocenters. The fourth-order valence-electron chi connectivity index (χ4n) is 4.03. The predicted octanol–water partition coefficient (Wildman–Crippen LogP) is 5.11. The Morgan fingerprint density at radius 2 is 2.15 bits per heavy atom. The van der Waals surface area contributed by atoms with Crippen molar-refractivity contribution < 1.29 is 8.78 Å². The molecule has 3 aromatic heterocycles. The fourth-order valence-corrected chi connectivity index (χ4v) is 4.03. The third-order valence-corrected chi connectivity index (χ3v) is 5.27. The van der Waals surface area contributed by atoms with Crippen LogP contribution in [0.4, 0.5) is 8.78 Å². The van der Waals surface area contributed by atoms with Crippen molar-refractivity contribution in [2.75, 3.05) is 0 Å². The Labute approximate surface area is 150 Å². The summed E-state index contributed by atoms with van der Waals surface area (Å²) in [5.74, 6) is 0.497. The van der Waals surface area contributed by atoms with E-state index in [9.17, 15) is 8.78 Å². The Bertz CT molecular complexity index is 903. The number of rotatable bonds is 6. The lowest BCUT2D eigenvalue weighted by Crippen LogP contribution is -2.18. The zero-order valence-corrected chi connectivity index (χ0v) is 14.4. The van der Waals surface area contributed by atoms with Gasteiger partial charge in [0.2, 0.25) is 0 Å². The molecule has 3 heterocycles. The van der Waals surface area contributed by atoms with Crippen LogP contribution in [0, 0.1) is 5.92 Å². The van der Waals surface area contributed by atoms with Gasteiger partial charge in [-0.15, -0.1) is 0 Å². The van der Waals surface area contributed by atoms with E-state index < -0.39 is 6.08 Å². The van der Waals surface area contributed by atoms with Gasteiger partial charge in [-0.25, -0.2) is 9.97 Å². The second-order valence-corrected chi connectivity index (χ2v) is 6.85. The van der Waals surface area contributed by atoms with Gasteiger partial charge in [0.05, 0.1) is 17.9 Å². The zero-order valence-electron chi connectivity index (χ0n) is 14.4. The fraction of sp³-hybridized carbons (Fsp3) is 0.421. The molecule has 26 heavy (non-hydrogen) atoms. The number of nitrogens with zero attached hydrogens (tertiary/aromatic N) is 4. The molecule has 0 aromatic carbocycles. The minimum atomic E-state index is -1.60. The largest absolute Gasteiger partial charge is 0.346 e. The minimum Gasteiger partial charge on any atom is -0.346 e. The summed E-state index contributed by atoms with van der Waals surface area (Å²) in [6.45, 7) is 0. The van der Waals surface area contributed by atoms with Gasteiger partial charge in [-0.2, -0.15) is 13.9 Å². The molecule has 136 valence electrons. The molecular weight excluding hydrogens is 336 g/mol. The summed E-state index contributed by atoms with van der Waals surface area (Å²) in [6.07, 6.45) is 12.3. The molecule has 0 radical (unpaired) electrons. The number of halogens is 2. The van der Waals surface area contributed by atoms with Crippen molar-refractivity contribution in [2.24, 2.45) is 5.92 Å². The van der Waals surface area contributed by atoms with Crippen LogP contribution in [0.25, 0.3) is 22.3 Å². The SMILES string of the molecule is FC(F)=CCCC(C1CCCC1)n1cc(-c2ncnc3[nH]ccc23)cn1. The van der Waals surface area contributed by atoms with E-state index in [1.54, 1.807) is 0 Å². The van der Waals surface area contributed by atoms with E-state index in [2.05, 4.69) is 20.1 Å². The maximum atomic E-state index is 12.4. The summed E-state index contributed by atoms with van der Waals surface area (Å²) < 4.78 is 26.8. The zero-order chi connectivity index (χ0) is 17.9. The highest BCUT2D eigenvalue weighted by Gasteiger charge is 2.27. The molecule has 7 heteroatoms. The van der Waals surface area contributed by atoms with Crippen LogP contribution in [0.3, 0.4) is 0 Å². The smallest absolute Gasteiger partial charge is 0.266 e. The van der Waals surface area contributed by atoms with E-state index in [1.807, 2.05) is 29.3 Å². The monoisotopic (exact) mass is 357 g/mol. The van der Waals surface area contributed by atoms with Crippen LogP contribution in [-0.4, -0.2) is 24.7 Å². The quantitative estimate of drug-likeness (QED) is 0.666. The third-order valence-electron chi connectivity index (χ3n) is 5.27. The highest BCUT2D eigenvalue weighted by Crippen LogP contribution is 2.37. The summed E-state index contributed by atoms with van der Waals surface area (Å²) >= 11 is 0. The molecule has 0 bridgehead atoms. The maximum absolute atomic E-state index is 12.4. The highest BCUT2D eigenvalue weighted by molar-refractivity contribution is 5.89. The molecule has 1 aliphatic carbocycles. The van der Waals surface area contributed by atoms with E-state index in [-0.39, 0.29) is 6.04 Å². The van der Waals surface area contributed by atoms with E-state index >= 15 is 0 Å². The normalized spacial score (nSPS) is 16.2. The van der Waals surface area contributed by atoms with Crippen molar-refractivity contribution in [3.63, 3.8) is 0 Å². The summed E-state index contributed by atoms with van der Waals surface area (Å²) in [5, 5.41) is 5.52. The Morgan fingerprint density at radius 1 is 1.31 bits per heavy atom. The number of fused-ring (bicyclic) bond motifs is 1. The topological polar surface area (TPSA) is 59.4 Å². The van der Waals surface area contributed by atoms with Gasteiger partial charge in [0.15, 0.2) is 0 Å². The first kappa shape index (κ1) is 16.9. The first-order chi connectivity index (χ1) is 12.7. The third kappa shape index (κ3) is 3.38. The van der Waals surface area contributed by atoms with Crippen molar-refractivity contribution in [2.45, 2.75) is 44.6 Å². The number of allylic oxidation sites excluding steroid dienone is 1. The highest BCUT2D eigenvalue weighted by atomic mass is 19.3. The van der Waals surface area contributed by atoms with Gasteiger partial charge in [-0.3, -0.25) is 4.68 Å². The molecule has 1 fully saturated rings. The van der Waals surface area contributed by atoms with Crippen LogP contribution in [-0.2, 0) is 0 Å². The van der Waals surface area contributed by atoms with E-state index in [4.69, 9.17) is 0 Å².